The number of ether oxygens (including phenoxy) is 1. The van der Waals surface area contributed by atoms with Crippen LogP contribution in [0.5, 0.6) is 5.75 Å². The molecule has 2 aromatic rings. The number of hydrogen-bond donors (Lipinski definition) is 2. The van der Waals surface area contributed by atoms with Gasteiger partial charge in [-0.15, -0.1) is 0 Å². The van der Waals surface area contributed by atoms with Gasteiger partial charge >= 0.3 is 0 Å². The highest BCUT2D eigenvalue weighted by Crippen LogP contribution is 2.25. The zero-order chi connectivity index (χ0) is 16.8. The molecule has 0 spiro atoms. The zero-order valence-corrected chi connectivity index (χ0v) is 13.8. The van der Waals surface area contributed by atoms with Gasteiger partial charge in [0.05, 0.1) is 6.10 Å². The van der Waals surface area contributed by atoms with Crippen LogP contribution in [0.2, 0.25) is 0 Å². The first-order chi connectivity index (χ1) is 11.0. The van der Waals surface area contributed by atoms with Crippen molar-refractivity contribution in [1.29, 1.82) is 0 Å². The van der Waals surface area contributed by atoms with Crippen LogP contribution in [0.1, 0.15) is 6.92 Å². The van der Waals surface area contributed by atoms with Crippen molar-refractivity contribution in [3.05, 3.63) is 42.5 Å². The third kappa shape index (κ3) is 4.94. The Kier molecular flexibility index (Phi) is 5.96. The molecule has 0 bridgehead atoms. The molecule has 2 rings (SSSR count). The Morgan fingerprint density at radius 2 is 1.91 bits per heavy atom. The summed E-state index contributed by atoms with van der Waals surface area (Å²) in [6, 6.07) is 13.6. The maximum Gasteiger partial charge on any atom is 0.260 e. The van der Waals surface area contributed by atoms with Gasteiger partial charge < -0.3 is 20.1 Å². The molecule has 0 fully saturated rings. The number of rotatable bonds is 7. The predicted octanol–water partition coefficient (Wildman–Crippen LogP) is 1.65. The van der Waals surface area contributed by atoms with E-state index in [1.54, 1.807) is 6.92 Å². The van der Waals surface area contributed by atoms with E-state index in [0.717, 1.165) is 10.8 Å². The fourth-order valence-electron chi connectivity index (χ4n) is 2.39. The van der Waals surface area contributed by atoms with E-state index in [4.69, 9.17) is 4.74 Å². The molecular formula is C18H24N2O3. The molecule has 2 unspecified atom stereocenters. The van der Waals surface area contributed by atoms with E-state index in [9.17, 15) is 9.90 Å². The lowest BCUT2D eigenvalue weighted by molar-refractivity contribution is -0.127. The van der Waals surface area contributed by atoms with Gasteiger partial charge in [0, 0.05) is 18.5 Å². The van der Waals surface area contributed by atoms with Crippen LogP contribution in [0.25, 0.3) is 10.8 Å². The average molecular weight is 316 g/mol. The number of amides is 1. The standard InChI is InChI=1S/C18H24N2O3/c1-13(18(22)19-11-15(21)12-20(2)3)23-17-10-6-8-14-7-4-5-9-16(14)17/h4-10,13,15,21H,11-12H2,1-3H3,(H,19,22). The van der Waals surface area contributed by atoms with Crippen LogP contribution in [0, 0.1) is 0 Å². The summed E-state index contributed by atoms with van der Waals surface area (Å²) in [4.78, 5) is 14.0. The summed E-state index contributed by atoms with van der Waals surface area (Å²) in [6.07, 6.45) is -1.23. The number of nitrogens with one attached hydrogen (secondary N) is 1. The van der Waals surface area contributed by atoms with Gasteiger partial charge in [-0.2, -0.15) is 0 Å². The summed E-state index contributed by atoms with van der Waals surface area (Å²) in [5.74, 6) is 0.440. The van der Waals surface area contributed by atoms with Crippen LogP contribution < -0.4 is 10.1 Å². The number of aliphatic hydroxyl groups excluding tert-OH is 1. The lowest BCUT2D eigenvalue weighted by Gasteiger charge is -2.19. The molecule has 23 heavy (non-hydrogen) atoms. The number of fused-ring (bicyclic) bond motifs is 1. The Morgan fingerprint density at radius 3 is 2.65 bits per heavy atom. The fraction of sp³-hybridized carbons (Fsp3) is 0.389. The molecule has 0 aliphatic rings. The van der Waals surface area contributed by atoms with Crippen molar-refractivity contribution in [2.75, 3.05) is 27.2 Å². The number of likely N-dealkylation sites (N-methyl/N-ethyl adjacent to an activating group) is 1. The molecule has 0 aliphatic carbocycles. The van der Waals surface area contributed by atoms with E-state index < -0.39 is 12.2 Å². The van der Waals surface area contributed by atoms with E-state index in [1.165, 1.54) is 0 Å². The molecule has 5 nitrogen and oxygen atoms in total. The second kappa shape index (κ2) is 7.94. The minimum absolute atomic E-state index is 0.209. The van der Waals surface area contributed by atoms with Gasteiger partial charge in [0.25, 0.3) is 5.91 Å². The third-order valence-electron chi connectivity index (χ3n) is 3.51. The molecule has 0 saturated heterocycles. The molecular weight excluding hydrogens is 292 g/mol. The van der Waals surface area contributed by atoms with Crippen molar-refractivity contribution < 1.29 is 14.6 Å². The molecule has 0 saturated carbocycles. The highest BCUT2D eigenvalue weighted by atomic mass is 16.5. The van der Waals surface area contributed by atoms with Crippen molar-refractivity contribution in [3.63, 3.8) is 0 Å². The molecule has 0 aliphatic heterocycles. The van der Waals surface area contributed by atoms with Crippen molar-refractivity contribution >= 4 is 16.7 Å². The Labute approximate surface area is 136 Å². The number of carbonyl (C=O) groups is 1. The monoisotopic (exact) mass is 316 g/mol. The number of hydrogen-bond acceptors (Lipinski definition) is 4. The van der Waals surface area contributed by atoms with Gasteiger partial charge in [0.2, 0.25) is 0 Å². The SMILES string of the molecule is CC(Oc1cccc2ccccc12)C(=O)NCC(O)CN(C)C. The lowest BCUT2D eigenvalue weighted by Crippen LogP contribution is -2.42. The van der Waals surface area contributed by atoms with Gasteiger partial charge in [0.1, 0.15) is 5.75 Å². The van der Waals surface area contributed by atoms with E-state index in [2.05, 4.69) is 5.32 Å². The first kappa shape index (κ1) is 17.2. The Bertz CT molecular complexity index is 652. The van der Waals surface area contributed by atoms with Gasteiger partial charge in [-0.3, -0.25) is 4.79 Å². The highest BCUT2D eigenvalue weighted by molar-refractivity contribution is 5.89. The summed E-state index contributed by atoms with van der Waals surface area (Å²) in [5.41, 5.74) is 0. The summed E-state index contributed by atoms with van der Waals surface area (Å²) in [6.45, 7) is 2.41. The van der Waals surface area contributed by atoms with Crippen molar-refractivity contribution in [3.8, 4) is 5.75 Å². The molecule has 0 heterocycles. The van der Waals surface area contributed by atoms with Gasteiger partial charge in [0.15, 0.2) is 6.10 Å². The summed E-state index contributed by atoms with van der Waals surface area (Å²) in [5, 5.41) is 14.5. The number of benzene rings is 2. The van der Waals surface area contributed by atoms with Gasteiger partial charge in [-0.1, -0.05) is 36.4 Å². The van der Waals surface area contributed by atoms with Crippen molar-refractivity contribution in [2.24, 2.45) is 0 Å². The number of carbonyl (C=O) groups excluding carboxylic acids is 1. The molecule has 2 aromatic carbocycles. The van der Waals surface area contributed by atoms with E-state index in [1.807, 2.05) is 61.5 Å². The molecule has 2 atom stereocenters. The maximum atomic E-state index is 12.1. The first-order valence-electron chi connectivity index (χ1n) is 7.72. The Morgan fingerprint density at radius 1 is 1.22 bits per heavy atom. The van der Waals surface area contributed by atoms with Crippen LogP contribution in [0.3, 0.4) is 0 Å². The Hall–Kier alpha value is -2.11. The van der Waals surface area contributed by atoms with Crippen molar-refractivity contribution in [2.45, 2.75) is 19.1 Å². The molecule has 0 aromatic heterocycles. The summed E-state index contributed by atoms with van der Waals surface area (Å²) >= 11 is 0. The van der Waals surface area contributed by atoms with Crippen LogP contribution in [-0.2, 0) is 4.79 Å². The largest absolute Gasteiger partial charge is 0.480 e. The summed E-state index contributed by atoms with van der Waals surface area (Å²) < 4.78 is 5.80. The second-order valence-corrected chi connectivity index (χ2v) is 5.90. The molecule has 2 N–H and O–H groups in total. The summed E-state index contributed by atoms with van der Waals surface area (Å²) in [7, 11) is 3.74. The number of nitrogens with zero attached hydrogens (tertiary/aromatic N) is 1. The van der Waals surface area contributed by atoms with E-state index in [0.29, 0.717) is 12.3 Å². The predicted molar refractivity (Wildman–Crippen MR) is 91.6 cm³/mol. The molecule has 5 heteroatoms. The number of aliphatic hydroxyl groups is 1. The zero-order valence-electron chi connectivity index (χ0n) is 13.8. The smallest absolute Gasteiger partial charge is 0.260 e. The molecule has 124 valence electrons. The van der Waals surface area contributed by atoms with E-state index in [-0.39, 0.29) is 12.5 Å². The lowest BCUT2D eigenvalue weighted by atomic mass is 10.1. The first-order valence-corrected chi connectivity index (χ1v) is 7.72. The van der Waals surface area contributed by atoms with Crippen LogP contribution in [-0.4, -0.2) is 55.3 Å². The highest BCUT2D eigenvalue weighted by Gasteiger charge is 2.17. The molecule has 0 radical (unpaired) electrons. The third-order valence-corrected chi connectivity index (χ3v) is 3.51. The topological polar surface area (TPSA) is 61.8 Å². The minimum atomic E-state index is -0.632. The molecule has 1 amide bonds. The minimum Gasteiger partial charge on any atom is -0.480 e. The average Bonchev–Trinajstić information content (AvgIpc) is 2.52. The Balaban J connectivity index is 1.95. The second-order valence-electron chi connectivity index (χ2n) is 5.90. The van der Waals surface area contributed by atoms with Gasteiger partial charge in [-0.25, -0.2) is 0 Å². The quantitative estimate of drug-likeness (QED) is 0.815. The fourth-order valence-corrected chi connectivity index (χ4v) is 2.39. The van der Waals surface area contributed by atoms with Crippen LogP contribution in [0.4, 0.5) is 0 Å². The maximum absolute atomic E-state index is 12.1. The van der Waals surface area contributed by atoms with Crippen molar-refractivity contribution in [1.82, 2.24) is 10.2 Å². The normalized spacial score (nSPS) is 13.8. The van der Waals surface area contributed by atoms with E-state index >= 15 is 0 Å². The van der Waals surface area contributed by atoms with Crippen LogP contribution in [0.15, 0.2) is 42.5 Å². The van der Waals surface area contributed by atoms with Crippen LogP contribution >= 0.6 is 0 Å². The van der Waals surface area contributed by atoms with Gasteiger partial charge in [-0.05, 0) is 32.5 Å².